The van der Waals surface area contributed by atoms with Crippen LogP contribution in [0.25, 0.3) is 0 Å². The topological polar surface area (TPSA) is 79.4 Å². The van der Waals surface area contributed by atoms with Gasteiger partial charge in [0.2, 0.25) is 5.91 Å². The highest BCUT2D eigenvalue weighted by molar-refractivity contribution is 7.86. The number of amides is 1. The highest BCUT2D eigenvalue weighted by atomic mass is 35.5. The fourth-order valence-corrected chi connectivity index (χ4v) is 5.20. The molecule has 1 unspecified atom stereocenters. The van der Waals surface area contributed by atoms with E-state index in [2.05, 4.69) is 9.71 Å². The highest BCUT2D eigenvalue weighted by Gasteiger charge is 2.33. The Morgan fingerprint density at radius 1 is 1.06 bits per heavy atom. The molecule has 2 aromatic carbocycles. The van der Waals surface area contributed by atoms with Crippen LogP contribution in [0.3, 0.4) is 0 Å². The molecule has 1 aliphatic heterocycles. The SMILES string of the molecule is CC(C)(c1ccc(S(=O)Nc2ccc(Cl)cc2C(=O)c2ccncc2)cc1)N1CCCCC1=O. The minimum atomic E-state index is -1.61. The number of rotatable bonds is 7. The number of carbonyl (C=O) groups is 2. The maximum absolute atomic E-state index is 13.1. The maximum Gasteiger partial charge on any atom is 0.223 e. The zero-order chi connectivity index (χ0) is 24.3. The number of benzene rings is 2. The molecule has 6 nitrogen and oxygen atoms in total. The molecule has 1 saturated heterocycles. The second-order valence-electron chi connectivity index (χ2n) is 8.71. The maximum atomic E-state index is 13.1. The van der Waals surface area contributed by atoms with Crippen LogP contribution >= 0.6 is 11.6 Å². The largest absolute Gasteiger partial charge is 0.334 e. The highest BCUT2D eigenvalue weighted by Crippen LogP contribution is 2.32. The van der Waals surface area contributed by atoms with Crippen molar-refractivity contribution in [2.75, 3.05) is 11.3 Å². The average molecular weight is 496 g/mol. The van der Waals surface area contributed by atoms with Gasteiger partial charge in [0, 0.05) is 41.5 Å². The van der Waals surface area contributed by atoms with Gasteiger partial charge in [-0.25, -0.2) is 4.21 Å². The predicted octanol–water partition coefficient (Wildman–Crippen LogP) is 5.35. The molecule has 1 aromatic heterocycles. The van der Waals surface area contributed by atoms with Gasteiger partial charge < -0.3 is 9.62 Å². The molecule has 1 aliphatic rings. The third kappa shape index (κ3) is 5.05. The van der Waals surface area contributed by atoms with Gasteiger partial charge in [-0.05, 0) is 74.7 Å². The van der Waals surface area contributed by atoms with E-state index >= 15 is 0 Å². The standard InChI is InChI=1S/C26H26ClN3O3S/c1-26(2,30-16-4-3-5-24(30)31)19-6-9-21(10-7-19)34(33)29-23-11-8-20(27)17-22(23)25(32)18-12-14-28-15-13-18/h6-15,17,29H,3-5,16H2,1-2H3. The Balaban J connectivity index is 1.55. The van der Waals surface area contributed by atoms with Crippen molar-refractivity contribution in [1.29, 1.82) is 0 Å². The van der Waals surface area contributed by atoms with Crippen LogP contribution in [0.1, 0.15) is 54.6 Å². The van der Waals surface area contributed by atoms with E-state index in [1.165, 1.54) is 0 Å². The first-order chi connectivity index (χ1) is 16.3. The first-order valence-electron chi connectivity index (χ1n) is 11.1. The van der Waals surface area contributed by atoms with Gasteiger partial charge in [-0.3, -0.25) is 14.6 Å². The zero-order valence-electron chi connectivity index (χ0n) is 19.1. The molecule has 176 valence electrons. The minimum absolute atomic E-state index is 0.166. The molecule has 4 rings (SSSR count). The molecule has 3 aromatic rings. The fraction of sp³-hybridized carbons (Fsp3) is 0.269. The quantitative estimate of drug-likeness (QED) is 0.448. The van der Waals surface area contributed by atoms with Gasteiger partial charge in [0.1, 0.15) is 11.0 Å². The van der Waals surface area contributed by atoms with Crippen LogP contribution in [0, 0.1) is 0 Å². The summed E-state index contributed by atoms with van der Waals surface area (Å²) in [7, 11) is -1.61. The van der Waals surface area contributed by atoms with Crippen LogP contribution in [0.5, 0.6) is 0 Å². The number of anilines is 1. The number of aromatic nitrogens is 1. The number of nitrogens with one attached hydrogen (secondary N) is 1. The van der Waals surface area contributed by atoms with E-state index in [9.17, 15) is 13.8 Å². The van der Waals surface area contributed by atoms with Gasteiger partial charge in [0.15, 0.2) is 5.78 Å². The molecule has 8 heteroatoms. The summed E-state index contributed by atoms with van der Waals surface area (Å²) in [6.07, 6.45) is 5.61. The number of carbonyl (C=O) groups excluding carboxylic acids is 2. The van der Waals surface area contributed by atoms with Gasteiger partial charge >= 0.3 is 0 Å². The normalized spacial score (nSPS) is 15.1. The summed E-state index contributed by atoms with van der Waals surface area (Å²) in [5, 5.41) is 0.410. The molecule has 0 radical (unpaired) electrons. The van der Waals surface area contributed by atoms with Crippen LogP contribution in [0.15, 0.2) is 71.9 Å². The third-order valence-corrected chi connectivity index (χ3v) is 7.49. The molecule has 1 N–H and O–H groups in total. The molecular weight excluding hydrogens is 470 g/mol. The molecule has 1 atom stereocenters. The van der Waals surface area contributed by atoms with Crippen molar-refractivity contribution in [1.82, 2.24) is 9.88 Å². The number of hydrogen-bond acceptors (Lipinski definition) is 4. The van der Waals surface area contributed by atoms with Crippen molar-refractivity contribution in [2.24, 2.45) is 0 Å². The van der Waals surface area contributed by atoms with E-state index in [0.717, 1.165) is 24.9 Å². The summed E-state index contributed by atoms with van der Waals surface area (Å²) in [5.74, 6) is -0.0765. The molecular formula is C26H26ClN3O3S. The van der Waals surface area contributed by atoms with Crippen molar-refractivity contribution < 1.29 is 13.8 Å². The summed E-state index contributed by atoms with van der Waals surface area (Å²) in [4.78, 5) is 31.9. The summed E-state index contributed by atoms with van der Waals surface area (Å²) in [6.45, 7) is 4.81. The van der Waals surface area contributed by atoms with Crippen molar-refractivity contribution in [3.63, 3.8) is 0 Å². The Hall–Kier alpha value is -3.03. The van der Waals surface area contributed by atoms with Gasteiger partial charge in [0.25, 0.3) is 0 Å². The van der Waals surface area contributed by atoms with Crippen molar-refractivity contribution in [2.45, 2.75) is 43.5 Å². The number of nitrogens with zero attached hydrogens (tertiary/aromatic N) is 2. The number of hydrogen-bond donors (Lipinski definition) is 1. The van der Waals surface area contributed by atoms with E-state index < -0.39 is 16.5 Å². The molecule has 2 heterocycles. The Kier molecular flexibility index (Phi) is 7.14. The Morgan fingerprint density at radius 2 is 1.76 bits per heavy atom. The molecule has 1 fully saturated rings. The average Bonchev–Trinajstić information content (AvgIpc) is 2.85. The minimum Gasteiger partial charge on any atom is -0.334 e. The first-order valence-corrected chi connectivity index (χ1v) is 12.6. The van der Waals surface area contributed by atoms with Crippen LogP contribution in [0.4, 0.5) is 5.69 Å². The molecule has 0 saturated carbocycles. The Morgan fingerprint density at radius 3 is 2.44 bits per heavy atom. The lowest BCUT2D eigenvalue weighted by Crippen LogP contribution is -2.47. The number of halogens is 1. The lowest BCUT2D eigenvalue weighted by atomic mass is 9.90. The molecule has 1 amide bonds. The van der Waals surface area contributed by atoms with Crippen LogP contribution in [-0.2, 0) is 21.3 Å². The third-order valence-electron chi connectivity index (χ3n) is 6.14. The van der Waals surface area contributed by atoms with Crippen molar-refractivity contribution in [3.05, 3.63) is 88.7 Å². The second-order valence-corrected chi connectivity index (χ2v) is 10.4. The molecule has 34 heavy (non-hydrogen) atoms. The zero-order valence-corrected chi connectivity index (χ0v) is 20.7. The van der Waals surface area contributed by atoms with Crippen LogP contribution < -0.4 is 4.72 Å². The van der Waals surface area contributed by atoms with E-state index in [-0.39, 0.29) is 11.7 Å². The number of piperidine rings is 1. The first kappa shape index (κ1) is 24.1. The lowest BCUT2D eigenvalue weighted by molar-refractivity contribution is -0.139. The van der Waals surface area contributed by atoms with Crippen molar-refractivity contribution in [3.8, 4) is 0 Å². The smallest absolute Gasteiger partial charge is 0.223 e. The summed E-state index contributed by atoms with van der Waals surface area (Å²) in [6, 6.07) is 15.5. The van der Waals surface area contributed by atoms with Crippen LogP contribution in [0.2, 0.25) is 5.02 Å². The predicted molar refractivity (Wildman–Crippen MR) is 134 cm³/mol. The van der Waals surface area contributed by atoms with Gasteiger partial charge in [-0.15, -0.1) is 0 Å². The van der Waals surface area contributed by atoms with E-state index in [1.54, 1.807) is 54.9 Å². The van der Waals surface area contributed by atoms with E-state index in [0.29, 0.717) is 33.2 Å². The lowest BCUT2D eigenvalue weighted by Gasteiger charge is -2.41. The summed E-state index contributed by atoms with van der Waals surface area (Å²) < 4.78 is 16.1. The number of likely N-dealkylation sites (tertiary alicyclic amines) is 1. The summed E-state index contributed by atoms with van der Waals surface area (Å²) in [5.41, 5.74) is 1.74. The number of ketones is 1. The Labute approximate surface area is 206 Å². The molecule has 0 bridgehead atoms. The Bertz CT molecular complexity index is 1230. The van der Waals surface area contributed by atoms with Crippen LogP contribution in [-0.4, -0.2) is 32.3 Å². The summed E-state index contributed by atoms with van der Waals surface area (Å²) >= 11 is 6.14. The van der Waals surface area contributed by atoms with Gasteiger partial charge in [-0.1, -0.05) is 23.7 Å². The van der Waals surface area contributed by atoms with E-state index in [4.69, 9.17) is 11.6 Å². The van der Waals surface area contributed by atoms with E-state index in [1.807, 2.05) is 30.9 Å². The second kappa shape index (κ2) is 10.1. The van der Waals surface area contributed by atoms with Crippen molar-refractivity contribution >= 4 is 40.0 Å². The monoisotopic (exact) mass is 495 g/mol. The van der Waals surface area contributed by atoms with Gasteiger partial charge in [0.05, 0.1) is 16.1 Å². The fourth-order valence-electron chi connectivity index (χ4n) is 4.15. The number of pyridine rings is 1. The molecule has 0 aliphatic carbocycles. The molecule has 0 spiro atoms. The van der Waals surface area contributed by atoms with Gasteiger partial charge in [-0.2, -0.15) is 0 Å².